The van der Waals surface area contributed by atoms with E-state index in [2.05, 4.69) is 10.4 Å². The van der Waals surface area contributed by atoms with Crippen LogP contribution in [0.4, 0.5) is 14.9 Å². The smallest absolute Gasteiger partial charge is 0.322 e. The van der Waals surface area contributed by atoms with E-state index in [0.29, 0.717) is 5.75 Å². The molecular formula is C22H23FN4O2. The van der Waals surface area contributed by atoms with Crippen LogP contribution in [-0.2, 0) is 13.5 Å². The number of carbonyl (C=O) groups is 1. The molecule has 2 aromatic carbocycles. The van der Waals surface area contributed by atoms with Crippen LogP contribution in [0.5, 0.6) is 11.5 Å². The summed E-state index contributed by atoms with van der Waals surface area (Å²) in [7, 11) is 3.63. The quantitative estimate of drug-likeness (QED) is 0.685. The number of ether oxygens (including phenoxy) is 1. The topological polar surface area (TPSA) is 59.4 Å². The third-order valence-electron chi connectivity index (χ3n) is 5.31. The van der Waals surface area contributed by atoms with Crippen molar-refractivity contribution in [1.29, 1.82) is 0 Å². The van der Waals surface area contributed by atoms with Gasteiger partial charge in [-0.05, 0) is 43.5 Å². The number of aryl methyl sites for hydroxylation is 1. The van der Waals surface area contributed by atoms with Gasteiger partial charge in [0.2, 0.25) is 0 Å². The number of nitrogens with zero attached hydrogens (tertiary/aromatic N) is 3. The molecule has 0 saturated carbocycles. The number of aromatic nitrogens is 2. The number of hydrogen-bond acceptors (Lipinski definition) is 3. The van der Waals surface area contributed by atoms with Crippen molar-refractivity contribution in [1.82, 2.24) is 14.7 Å². The molecule has 0 saturated heterocycles. The molecule has 1 aliphatic carbocycles. The number of benzene rings is 2. The molecule has 0 unspecified atom stereocenters. The molecule has 1 N–H and O–H groups in total. The summed E-state index contributed by atoms with van der Waals surface area (Å²) in [5, 5.41) is 7.02. The summed E-state index contributed by atoms with van der Waals surface area (Å²) >= 11 is 0. The van der Waals surface area contributed by atoms with Crippen LogP contribution in [0.25, 0.3) is 0 Å². The van der Waals surface area contributed by atoms with Crippen molar-refractivity contribution < 1.29 is 13.9 Å². The van der Waals surface area contributed by atoms with E-state index in [-0.39, 0.29) is 17.5 Å². The van der Waals surface area contributed by atoms with Gasteiger partial charge >= 0.3 is 6.03 Å². The molecule has 6 nitrogen and oxygen atoms in total. The summed E-state index contributed by atoms with van der Waals surface area (Å²) in [5.74, 6) is 0.267. The summed E-state index contributed by atoms with van der Waals surface area (Å²) in [5.41, 5.74) is 2.21. The summed E-state index contributed by atoms with van der Waals surface area (Å²) in [6.07, 6.45) is 4.57. The van der Waals surface area contributed by atoms with Crippen molar-refractivity contribution in [2.75, 3.05) is 12.4 Å². The Morgan fingerprint density at radius 1 is 1.24 bits per heavy atom. The Labute approximate surface area is 168 Å². The number of anilines is 1. The minimum Gasteiger partial charge on any atom is -0.455 e. The van der Waals surface area contributed by atoms with Gasteiger partial charge in [0.05, 0.1) is 12.2 Å². The predicted octanol–water partition coefficient (Wildman–Crippen LogP) is 4.89. The lowest BCUT2D eigenvalue weighted by Gasteiger charge is -2.31. The van der Waals surface area contributed by atoms with Crippen molar-refractivity contribution in [3.05, 3.63) is 71.8 Å². The number of rotatable bonds is 4. The summed E-state index contributed by atoms with van der Waals surface area (Å²) in [6.45, 7) is 0. The van der Waals surface area contributed by atoms with Crippen LogP contribution in [0.15, 0.2) is 54.7 Å². The Bertz CT molecular complexity index is 1020. The van der Waals surface area contributed by atoms with Gasteiger partial charge in [0.1, 0.15) is 11.4 Å². The van der Waals surface area contributed by atoms with Crippen molar-refractivity contribution in [2.24, 2.45) is 7.05 Å². The zero-order chi connectivity index (χ0) is 20.4. The molecule has 1 aromatic heterocycles. The molecule has 0 bridgehead atoms. The van der Waals surface area contributed by atoms with Crippen LogP contribution in [0.1, 0.15) is 30.1 Å². The molecule has 1 aliphatic rings. The minimum atomic E-state index is -0.550. The molecule has 3 aromatic rings. The lowest BCUT2D eigenvalue weighted by atomic mass is 9.92. The Balaban J connectivity index is 1.56. The molecule has 1 atom stereocenters. The molecular weight excluding hydrogens is 371 g/mol. The maximum absolute atomic E-state index is 14.5. The van der Waals surface area contributed by atoms with Gasteiger partial charge in [-0.3, -0.25) is 4.68 Å². The highest BCUT2D eigenvalue weighted by Crippen LogP contribution is 2.35. The molecule has 1 heterocycles. The second-order valence-corrected chi connectivity index (χ2v) is 7.15. The van der Waals surface area contributed by atoms with Gasteiger partial charge in [0.25, 0.3) is 0 Å². The molecule has 150 valence electrons. The zero-order valence-electron chi connectivity index (χ0n) is 16.4. The lowest BCUT2D eigenvalue weighted by Crippen LogP contribution is -2.36. The average molecular weight is 394 g/mol. The highest BCUT2D eigenvalue weighted by Gasteiger charge is 2.29. The molecule has 7 heteroatoms. The van der Waals surface area contributed by atoms with E-state index in [0.717, 1.165) is 30.5 Å². The minimum absolute atomic E-state index is 0.0235. The van der Waals surface area contributed by atoms with Gasteiger partial charge in [-0.2, -0.15) is 5.10 Å². The lowest BCUT2D eigenvalue weighted by molar-refractivity contribution is 0.197. The van der Waals surface area contributed by atoms with Crippen LogP contribution in [0, 0.1) is 5.82 Å². The molecule has 0 aliphatic heterocycles. The molecule has 0 fully saturated rings. The fourth-order valence-electron chi connectivity index (χ4n) is 3.75. The van der Waals surface area contributed by atoms with Crippen LogP contribution in [0.3, 0.4) is 0 Å². The van der Waals surface area contributed by atoms with Crippen LogP contribution in [0.2, 0.25) is 0 Å². The number of para-hydroxylation sites is 2. The number of hydrogen-bond donors (Lipinski definition) is 1. The highest BCUT2D eigenvalue weighted by molar-refractivity contribution is 5.91. The highest BCUT2D eigenvalue weighted by atomic mass is 19.1. The maximum Gasteiger partial charge on any atom is 0.322 e. The van der Waals surface area contributed by atoms with E-state index in [1.165, 1.54) is 6.07 Å². The van der Waals surface area contributed by atoms with Gasteiger partial charge in [-0.25, -0.2) is 9.18 Å². The van der Waals surface area contributed by atoms with E-state index >= 15 is 0 Å². The Hall–Kier alpha value is -3.35. The normalized spacial score (nSPS) is 15.5. The zero-order valence-corrected chi connectivity index (χ0v) is 16.4. The molecule has 4 rings (SSSR count). The second kappa shape index (κ2) is 7.95. The molecule has 29 heavy (non-hydrogen) atoms. The Morgan fingerprint density at radius 2 is 2.03 bits per heavy atom. The Kier molecular flexibility index (Phi) is 5.20. The number of carbonyl (C=O) groups excluding carboxylic acids is 1. The fraction of sp³-hybridized carbons (Fsp3) is 0.273. The summed E-state index contributed by atoms with van der Waals surface area (Å²) in [4.78, 5) is 14.6. The average Bonchev–Trinajstić information content (AvgIpc) is 3.12. The third kappa shape index (κ3) is 3.81. The fourth-order valence-corrected chi connectivity index (χ4v) is 3.75. The largest absolute Gasteiger partial charge is 0.455 e. The van der Waals surface area contributed by atoms with Crippen molar-refractivity contribution in [3.63, 3.8) is 0 Å². The van der Waals surface area contributed by atoms with E-state index in [1.54, 1.807) is 36.2 Å². The SMILES string of the molecule is CN(C(=O)Nc1c(F)cccc1Oc1ccccc1)[C@H]1CCCc2c1cnn2C. The molecule has 0 radical (unpaired) electrons. The van der Waals surface area contributed by atoms with E-state index in [1.807, 2.05) is 36.1 Å². The standard InChI is InChI=1S/C22H23FN4O2/c1-26(18-11-7-12-19-16(18)14-24-27(19)2)22(28)25-21-17(23)10-6-13-20(21)29-15-8-4-3-5-9-15/h3-6,8-10,13-14,18H,7,11-12H2,1-2H3,(H,25,28)/t18-/m0/s1. The van der Waals surface area contributed by atoms with Crippen LogP contribution in [-0.4, -0.2) is 27.8 Å². The van der Waals surface area contributed by atoms with Crippen molar-refractivity contribution >= 4 is 11.7 Å². The first-order valence-electron chi connectivity index (χ1n) is 9.60. The monoisotopic (exact) mass is 394 g/mol. The number of halogens is 1. The summed E-state index contributed by atoms with van der Waals surface area (Å²) in [6, 6.07) is 13.1. The number of fused-ring (bicyclic) bond motifs is 1. The second-order valence-electron chi connectivity index (χ2n) is 7.15. The molecule has 2 amide bonds. The first kappa shape index (κ1) is 19.0. The van der Waals surface area contributed by atoms with Gasteiger partial charge < -0.3 is 15.0 Å². The van der Waals surface area contributed by atoms with Gasteiger partial charge in [0, 0.05) is 25.4 Å². The van der Waals surface area contributed by atoms with Gasteiger partial charge in [0.15, 0.2) is 11.6 Å². The van der Waals surface area contributed by atoms with E-state index < -0.39 is 11.8 Å². The predicted molar refractivity (Wildman–Crippen MR) is 109 cm³/mol. The van der Waals surface area contributed by atoms with E-state index in [4.69, 9.17) is 4.74 Å². The summed E-state index contributed by atoms with van der Waals surface area (Å²) < 4.78 is 22.2. The first-order valence-corrected chi connectivity index (χ1v) is 9.60. The number of nitrogens with one attached hydrogen (secondary N) is 1. The van der Waals surface area contributed by atoms with Crippen LogP contribution < -0.4 is 10.1 Å². The van der Waals surface area contributed by atoms with Gasteiger partial charge in [-0.1, -0.05) is 24.3 Å². The maximum atomic E-state index is 14.5. The van der Waals surface area contributed by atoms with Crippen molar-refractivity contribution in [3.8, 4) is 11.5 Å². The van der Waals surface area contributed by atoms with Gasteiger partial charge in [-0.15, -0.1) is 0 Å². The third-order valence-corrected chi connectivity index (χ3v) is 5.31. The van der Waals surface area contributed by atoms with Crippen molar-refractivity contribution in [2.45, 2.75) is 25.3 Å². The number of amides is 2. The van der Waals surface area contributed by atoms with E-state index in [9.17, 15) is 9.18 Å². The van der Waals surface area contributed by atoms with Crippen LogP contribution >= 0.6 is 0 Å². The number of urea groups is 1. The first-order chi connectivity index (χ1) is 14.0. The Morgan fingerprint density at radius 3 is 2.83 bits per heavy atom. The molecule has 0 spiro atoms.